The van der Waals surface area contributed by atoms with Crippen LogP contribution in [0.25, 0.3) is 0 Å². The fraction of sp³-hybridized carbons (Fsp3) is 0.857. The molecule has 2 atom stereocenters. The summed E-state index contributed by atoms with van der Waals surface area (Å²) in [6.07, 6.45) is 0.400. The van der Waals surface area contributed by atoms with Crippen molar-refractivity contribution in [1.29, 1.82) is 0 Å². The Labute approximate surface area is 77.7 Å². The fourth-order valence-corrected chi connectivity index (χ4v) is 2.26. The van der Waals surface area contributed by atoms with E-state index in [0.717, 1.165) is 0 Å². The van der Waals surface area contributed by atoms with Gasteiger partial charge in [0.05, 0.1) is 6.61 Å². The van der Waals surface area contributed by atoms with Crippen LogP contribution < -0.4 is 5.73 Å². The second-order valence-electron chi connectivity index (χ2n) is 2.89. The average Bonchev–Trinajstić information content (AvgIpc) is 2.00. The second-order valence-corrected chi connectivity index (χ2v) is 5.62. The summed E-state index contributed by atoms with van der Waals surface area (Å²) in [5.74, 6) is -1.07. The molecule has 0 bridgehead atoms. The Bertz CT molecular complexity index is 219. The highest BCUT2D eigenvalue weighted by Gasteiger charge is 2.19. The standard InChI is InChI=1S/C7H16NO4P/c1-3-12-13(2,11)5-4-6(8)7(9)10/h6H,3-5,8H2,1-2H3,(H,9,10)/t6-,13?/m0/s1. The van der Waals surface area contributed by atoms with Crippen molar-refractivity contribution in [3.8, 4) is 0 Å². The average molecular weight is 209 g/mol. The van der Waals surface area contributed by atoms with Gasteiger partial charge in [0.25, 0.3) is 0 Å². The molecule has 0 aromatic heterocycles. The smallest absolute Gasteiger partial charge is 0.320 e. The van der Waals surface area contributed by atoms with Gasteiger partial charge in [-0.3, -0.25) is 9.36 Å². The van der Waals surface area contributed by atoms with Crippen molar-refractivity contribution in [2.45, 2.75) is 19.4 Å². The molecule has 0 saturated heterocycles. The molecule has 0 spiro atoms. The maximum atomic E-state index is 11.5. The van der Waals surface area contributed by atoms with E-state index in [1.165, 1.54) is 6.66 Å². The van der Waals surface area contributed by atoms with Crippen LogP contribution in [-0.2, 0) is 13.9 Å². The molecule has 0 aliphatic carbocycles. The van der Waals surface area contributed by atoms with E-state index in [4.69, 9.17) is 15.4 Å². The van der Waals surface area contributed by atoms with Gasteiger partial charge < -0.3 is 15.4 Å². The van der Waals surface area contributed by atoms with Gasteiger partial charge >= 0.3 is 5.97 Å². The number of hydrogen-bond donors (Lipinski definition) is 2. The summed E-state index contributed by atoms with van der Waals surface area (Å²) < 4.78 is 16.4. The molecule has 6 heteroatoms. The molecule has 0 heterocycles. The van der Waals surface area contributed by atoms with E-state index in [1.54, 1.807) is 6.92 Å². The van der Waals surface area contributed by atoms with Crippen molar-refractivity contribution in [2.75, 3.05) is 19.4 Å². The van der Waals surface area contributed by atoms with Crippen LogP contribution in [0, 0.1) is 0 Å². The molecule has 0 rings (SSSR count). The Morgan fingerprint density at radius 1 is 1.69 bits per heavy atom. The largest absolute Gasteiger partial charge is 0.480 e. The first-order chi connectivity index (χ1) is 5.89. The second kappa shape index (κ2) is 5.37. The minimum atomic E-state index is -2.63. The third-order valence-corrected chi connectivity index (χ3v) is 3.44. The van der Waals surface area contributed by atoms with Gasteiger partial charge in [-0.15, -0.1) is 0 Å². The molecule has 5 nitrogen and oxygen atoms in total. The van der Waals surface area contributed by atoms with Crippen LogP contribution in [0.2, 0.25) is 0 Å². The van der Waals surface area contributed by atoms with Crippen molar-refractivity contribution >= 4 is 13.3 Å². The van der Waals surface area contributed by atoms with Gasteiger partial charge in [0.15, 0.2) is 7.37 Å². The van der Waals surface area contributed by atoms with Crippen molar-refractivity contribution in [3.63, 3.8) is 0 Å². The normalized spacial score (nSPS) is 17.8. The van der Waals surface area contributed by atoms with Gasteiger partial charge in [0, 0.05) is 12.8 Å². The number of rotatable bonds is 6. The Balaban J connectivity index is 3.87. The summed E-state index contributed by atoms with van der Waals surface area (Å²) >= 11 is 0. The maximum Gasteiger partial charge on any atom is 0.320 e. The van der Waals surface area contributed by atoms with Crippen LogP contribution in [0.1, 0.15) is 13.3 Å². The molecule has 0 fully saturated rings. The lowest BCUT2D eigenvalue weighted by atomic mass is 10.2. The highest BCUT2D eigenvalue weighted by Crippen LogP contribution is 2.42. The minimum absolute atomic E-state index is 0.184. The highest BCUT2D eigenvalue weighted by molar-refractivity contribution is 7.58. The first-order valence-corrected chi connectivity index (χ1v) is 6.34. The lowest BCUT2D eigenvalue weighted by Gasteiger charge is -2.13. The van der Waals surface area contributed by atoms with E-state index in [9.17, 15) is 9.36 Å². The number of carbonyl (C=O) groups is 1. The monoisotopic (exact) mass is 209 g/mol. The van der Waals surface area contributed by atoms with E-state index in [-0.39, 0.29) is 12.6 Å². The third-order valence-electron chi connectivity index (χ3n) is 1.57. The van der Waals surface area contributed by atoms with E-state index in [1.807, 2.05) is 0 Å². The maximum absolute atomic E-state index is 11.5. The van der Waals surface area contributed by atoms with E-state index < -0.39 is 19.4 Å². The Morgan fingerprint density at radius 2 is 2.23 bits per heavy atom. The zero-order valence-corrected chi connectivity index (χ0v) is 8.79. The van der Waals surface area contributed by atoms with Crippen molar-refractivity contribution in [2.24, 2.45) is 5.73 Å². The quantitative estimate of drug-likeness (QED) is 0.629. The molecule has 0 aromatic carbocycles. The molecule has 13 heavy (non-hydrogen) atoms. The lowest BCUT2D eigenvalue weighted by molar-refractivity contribution is -0.138. The van der Waals surface area contributed by atoms with Crippen LogP contribution in [0.4, 0.5) is 0 Å². The first-order valence-electron chi connectivity index (χ1n) is 4.08. The minimum Gasteiger partial charge on any atom is -0.480 e. The Kier molecular flexibility index (Phi) is 5.21. The van der Waals surface area contributed by atoms with Crippen LogP contribution in [0.15, 0.2) is 0 Å². The predicted octanol–water partition coefficient (Wildman–Crippen LogP) is 0.733. The number of carboxylic acid groups (broad SMARTS) is 1. The molecule has 0 aromatic rings. The van der Waals surface area contributed by atoms with Gasteiger partial charge in [-0.2, -0.15) is 0 Å². The number of hydrogen-bond acceptors (Lipinski definition) is 4. The summed E-state index contributed by atoms with van der Waals surface area (Å²) in [7, 11) is -2.63. The topological polar surface area (TPSA) is 89.6 Å². The predicted molar refractivity (Wildman–Crippen MR) is 50.3 cm³/mol. The summed E-state index contributed by atoms with van der Waals surface area (Å²) in [6, 6.07) is -0.950. The van der Waals surface area contributed by atoms with E-state index in [0.29, 0.717) is 6.61 Å². The first kappa shape index (κ1) is 12.6. The van der Waals surface area contributed by atoms with Gasteiger partial charge in [0.2, 0.25) is 0 Å². The van der Waals surface area contributed by atoms with Crippen LogP contribution in [0.3, 0.4) is 0 Å². The molecule has 0 amide bonds. The highest BCUT2D eigenvalue weighted by atomic mass is 31.2. The van der Waals surface area contributed by atoms with E-state index >= 15 is 0 Å². The molecule has 3 N–H and O–H groups in total. The zero-order chi connectivity index (χ0) is 10.5. The summed E-state index contributed by atoms with van der Waals surface area (Å²) in [5.41, 5.74) is 5.24. The number of aliphatic carboxylic acids is 1. The Morgan fingerprint density at radius 3 is 2.62 bits per heavy atom. The number of nitrogens with two attached hydrogens (primary N) is 1. The molecule has 0 radical (unpaired) electrons. The fourth-order valence-electron chi connectivity index (χ4n) is 0.835. The summed E-state index contributed by atoms with van der Waals surface area (Å²) in [4.78, 5) is 10.3. The zero-order valence-electron chi connectivity index (χ0n) is 7.90. The SMILES string of the molecule is CCOP(C)(=O)CC[C@H](N)C(=O)O. The summed E-state index contributed by atoms with van der Waals surface area (Å²) in [5, 5.41) is 8.45. The molecule has 0 aliphatic heterocycles. The molecular weight excluding hydrogens is 193 g/mol. The van der Waals surface area contributed by atoms with Gasteiger partial charge in [-0.05, 0) is 13.3 Å². The van der Waals surface area contributed by atoms with Crippen molar-refractivity contribution in [3.05, 3.63) is 0 Å². The Hall–Kier alpha value is -0.380. The van der Waals surface area contributed by atoms with Crippen LogP contribution in [-0.4, -0.2) is 36.6 Å². The number of carboxylic acids is 1. The van der Waals surface area contributed by atoms with Crippen molar-refractivity contribution in [1.82, 2.24) is 0 Å². The molecule has 1 unspecified atom stereocenters. The molecular formula is C7H16NO4P. The summed E-state index contributed by atoms with van der Waals surface area (Å²) in [6.45, 7) is 3.61. The van der Waals surface area contributed by atoms with E-state index in [2.05, 4.69) is 0 Å². The third kappa shape index (κ3) is 5.80. The molecule has 78 valence electrons. The van der Waals surface area contributed by atoms with Crippen molar-refractivity contribution < 1.29 is 19.0 Å². The molecule has 0 saturated carbocycles. The molecule has 0 aliphatic rings. The lowest BCUT2D eigenvalue weighted by Crippen LogP contribution is -2.30. The van der Waals surface area contributed by atoms with Gasteiger partial charge in [0.1, 0.15) is 6.04 Å². The van der Waals surface area contributed by atoms with Gasteiger partial charge in [-0.1, -0.05) is 0 Å². The van der Waals surface area contributed by atoms with Crippen LogP contribution >= 0.6 is 7.37 Å². The van der Waals surface area contributed by atoms with Crippen LogP contribution in [0.5, 0.6) is 0 Å². The van der Waals surface area contributed by atoms with Gasteiger partial charge in [-0.25, -0.2) is 0 Å².